The maximum absolute atomic E-state index is 13.2. The molecule has 6 nitrogen and oxygen atoms in total. The Morgan fingerprint density at radius 2 is 1.67 bits per heavy atom. The number of H-pyrrole nitrogens is 2. The molecule has 2 aromatic carbocycles. The van der Waals surface area contributed by atoms with Gasteiger partial charge in [-0.25, -0.2) is 4.39 Å². The standard InChI is InChI=1S/C20H15FN4O2/c1-12-4-2-3-5-16(12)25-17(26)11-10-15(24-25)18-19(22-23-20(18)27)13-6-8-14(21)9-7-13/h2-11H,1H3,(H2,22,23,27). The number of benzene rings is 2. The molecule has 0 aliphatic carbocycles. The molecule has 27 heavy (non-hydrogen) atoms. The highest BCUT2D eigenvalue weighted by Gasteiger charge is 2.17. The average molecular weight is 362 g/mol. The molecule has 0 saturated heterocycles. The number of aromatic amines is 2. The number of nitrogens with zero attached hydrogens (tertiary/aromatic N) is 2. The van der Waals surface area contributed by atoms with Crippen LogP contribution in [0.15, 0.2) is 70.3 Å². The minimum absolute atomic E-state index is 0.281. The molecule has 0 atom stereocenters. The van der Waals surface area contributed by atoms with Gasteiger partial charge >= 0.3 is 0 Å². The van der Waals surface area contributed by atoms with Gasteiger partial charge in [0.1, 0.15) is 5.82 Å². The molecule has 7 heteroatoms. The first-order chi connectivity index (χ1) is 13.0. The number of rotatable bonds is 3. The van der Waals surface area contributed by atoms with E-state index in [9.17, 15) is 14.0 Å². The van der Waals surface area contributed by atoms with E-state index in [1.54, 1.807) is 18.2 Å². The lowest BCUT2D eigenvalue weighted by atomic mass is 10.1. The van der Waals surface area contributed by atoms with Gasteiger partial charge in [-0.15, -0.1) is 0 Å². The van der Waals surface area contributed by atoms with E-state index < -0.39 is 0 Å². The van der Waals surface area contributed by atoms with Crippen molar-refractivity contribution in [3.8, 4) is 28.2 Å². The minimum atomic E-state index is -0.378. The Hall–Kier alpha value is -3.74. The number of para-hydroxylation sites is 1. The Balaban J connectivity index is 1.91. The topological polar surface area (TPSA) is 83.5 Å². The van der Waals surface area contributed by atoms with Crippen LogP contribution in [0.3, 0.4) is 0 Å². The second kappa shape index (κ2) is 6.53. The summed E-state index contributed by atoms with van der Waals surface area (Å²) in [5.41, 5.74) is 2.55. The molecule has 0 aliphatic heterocycles. The molecule has 2 aromatic heterocycles. The summed E-state index contributed by atoms with van der Waals surface area (Å²) in [7, 11) is 0. The molecule has 0 amide bonds. The summed E-state index contributed by atoms with van der Waals surface area (Å²) in [5.74, 6) is -0.371. The van der Waals surface area contributed by atoms with Crippen LogP contribution in [0.5, 0.6) is 0 Å². The van der Waals surface area contributed by atoms with E-state index in [0.29, 0.717) is 22.6 Å². The molecular weight excluding hydrogens is 347 g/mol. The summed E-state index contributed by atoms with van der Waals surface area (Å²) in [6.45, 7) is 1.88. The fourth-order valence-corrected chi connectivity index (χ4v) is 2.95. The van der Waals surface area contributed by atoms with Crippen molar-refractivity contribution in [2.75, 3.05) is 0 Å². The van der Waals surface area contributed by atoms with Crippen LogP contribution >= 0.6 is 0 Å². The van der Waals surface area contributed by atoms with E-state index in [-0.39, 0.29) is 22.5 Å². The Morgan fingerprint density at radius 1 is 0.926 bits per heavy atom. The number of halogens is 1. The maximum Gasteiger partial charge on any atom is 0.274 e. The van der Waals surface area contributed by atoms with Gasteiger partial charge in [-0.1, -0.05) is 18.2 Å². The third-order valence-corrected chi connectivity index (χ3v) is 4.31. The van der Waals surface area contributed by atoms with Gasteiger partial charge in [0, 0.05) is 11.6 Å². The van der Waals surface area contributed by atoms with Crippen LogP contribution in [0, 0.1) is 12.7 Å². The first kappa shape index (κ1) is 16.7. The lowest BCUT2D eigenvalue weighted by Gasteiger charge is -2.09. The van der Waals surface area contributed by atoms with Crippen LogP contribution in [0.1, 0.15) is 5.56 Å². The van der Waals surface area contributed by atoms with Crippen molar-refractivity contribution in [2.24, 2.45) is 0 Å². The second-order valence-electron chi connectivity index (χ2n) is 6.09. The lowest BCUT2D eigenvalue weighted by molar-refractivity contribution is 0.628. The average Bonchev–Trinajstić information content (AvgIpc) is 3.05. The van der Waals surface area contributed by atoms with Crippen LogP contribution in [0.4, 0.5) is 4.39 Å². The molecule has 4 aromatic rings. The predicted molar refractivity (Wildman–Crippen MR) is 100 cm³/mol. The fourth-order valence-electron chi connectivity index (χ4n) is 2.95. The van der Waals surface area contributed by atoms with Gasteiger partial charge in [-0.05, 0) is 48.9 Å². The summed E-state index contributed by atoms with van der Waals surface area (Å²) in [5, 5.41) is 9.74. The van der Waals surface area contributed by atoms with Gasteiger partial charge in [0.25, 0.3) is 11.1 Å². The van der Waals surface area contributed by atoms with Crippen LogP contribution in [-0.4, -0.2) is 20.0 Å². The molecule has 0 radical (unpaired) electrons. The van der Waals surface area contributed by atoms with E-state index in [1.807, 2.05) is 25.1 Å². The van der Waals surface area contributed by atoms with Crippen LogP contribution < -0.4 is 11.1 Å². The zero-order valence-electron chi connectivity index (χ0n) is 14.4. The second-order valence-corrected chi connectivity index (χ2v) is 6.09. The SMILES string of the molecule is Cc1ccccc1-n1nc(-c2c(-c3ccc(F)cc3)[nH][nH]c2=O)ccc1=O. The normalized spacial score (nSPS) is 10.9. The summed E-state index contributed by atoms with van der Waals surface area (Å²) >= 11 is 0. The Kier molecular flexibility index (Phi) is 4.04. The number of aromatic nitrogens is 4. The molecule has 0 saturated carbocycles. The molecule has 2 heterocycles. The molecule has 4 rings (SSSR count). The summed E-state index contributed by atoms with van der Waals surface area (Å²) in [4.78, 5) is 24.7. The maximum atomic E-state index is 13.2. The highest BCUT2D eigenvalue weighted by Crippen LogP contribution is 2.26. The van der Waals surface area contributed by atoms with Crippen molar-refractivity contribution in [1.82, 2.24) is 20.0 Å². The van der Waals surface area contributed by atoms with Gasteiger partial charge in [0.05, 0.1) is 22.6 Å². The number of hydrogen-bond acceptors (Lipinski definition) is 3. The van der Waals surface area contributed by atoms with Crippen molar-refractivity contribution >= 4 is 0 Å². The van der Waals surface area contributed by atoms with E-state index in [2.05, 4.69) is 15.3 Å². The van der Waals surface area contributed by atoms with E-state index >= 15 is 0 Å². The Morgan fingerprint density at radius 3 is 2.41 bits per heavy atom. The van der Waals surface area contributed by atoms with E-state index in [0.717, 1.165) is 5.56 Å². The van der Waals surface area contributed by atoms with Gasteiger partial charge in [-0.2, -0.15) is 9.78 Å². The molecule has 2 N–H and O–H groups in total. The molecule has 0 bridgehead atoms. The van der Waals surface area contributed by atoms with Gasteiger partial charge in [-0.3, -0.25) is 19.8 Å². The van der Waals surface area contributed by atoms with E-state index in [4.69, 9.17) is 0 Å². The van der Waals surface area contributed by atoms with Crippen LogP contribution in [0.2, 0.25) is 0 Å². The zero-order valence-corrected chi connectivity index (χ0v) is 14.4. The van der Waals surface area contributed by atoms with Crippen molar-refractivity contribution < 1.29 is 4.39 Å². The van der Waals surface area contributed by atoms with Crippen LogP contribution in [0.25, 0.3) is 28.2 Å². The molecule has 134 valence electrons. The summed E-state index contributed by atoms with van der Waals surface area (Å²) in [6.07, 6.45) is 0. The third kappa shape index (κ3) is 2.99. The molecule has 0 spiro atoms. The first-order valence-corrected chi connectivity index (χ1v) is 8.28. The Labute approximate surface area is 152 Å². The van der Waals surface area contributed by atoms with Crippen LogP contribution in [-0.2, 0) is 0 Å². The van der Waals surface area contributed by atoms with Crippen molar-refractivity contribution in [3.05, 3.63) is 92.8 Å². The highest BCUT2D eigenvalue weighted by molar-refractivity contribution is 5.78. The number of hydrogen-bond donors (Lipinski definition) is 2. The lowest BCUT2D eigenvalue weighted by Crippen LogP contribution is -2.22. The van der Waals surface area contributed by atoms with Crippen molar-refractivity contribution in [2.45, 2.75) is 6.92 Å². The summed E-state index contributed by atoms with van der Waals surface area (Å²) < 4.78 is 14.5. The van der Waals surface area contributed by atoms with Gasteiger partial charge < -0.3 is 0 Å². The number of nitrogens with one attached hydrogen (secondary N) is 2. The first-order valence-electron chi connectivity index (χ1n) is 8.28. The van der Waals surface area contributed by atoms with E-state index in [1.165, 1.54) is 28.9 Å². The summed E-state index contributed by atoms with van der Waals surface area (Å²) in [6, 6.07) is 16.0. The largest absolute Gasteiger partial charge is 0.297 e. The van der Waals surface area contributed by atoms with Gasteiger partial charge in [0.2, 0.25) is 0 Å². The predicted octanol–water partition coefficient (Wildman–Crippen LogP) is 3.03. The molecule has 0 fully saturated rings. The fraction of sp³-hybridized carbons (Fsp3) is 0.0500. The number of aryl methyl sites for hydroxylation is 1. The van der Waals surface area contributed by atoms with Crippen molar-refractivity contribution in [1.29, 1.82) is 0 Å². The third-order valence-electron chi connectivity index (χ3n) is 4.31. The zero-order chi connectivity index (χ0) is 19.0. The molecule has 0 unspecified atom stereocenters. The highest BCUT2D eigenvalue weighted by atomic mass is 19.1. The Bertz CT molecular complexity index is 1240. The van der Waals surface area contributed by atoms with Crippen molar-refractivity contribution in [3.63, 3.8) is 0 Å². The monoisotopic (exact) mass is 362 g/mol. The smallest absolute Gasteiger partial charge is 0.274 e. The quantitative estimate of drug-likeness (QED) is 0.588. The minimum Gasteiger partial charge on any atom is -0.297 e. The molecular formula is C20H15FN4O2. The van der Waals surface area contributed by atoms with Gasteiger partial charge in [0.15, 0.2) is 0 Å². The molecule has 0 aliphatic rings.